The van der Waals surface area contributed by atoms with Crippen molar-refractivity contribution >= 4 is 33.0 Å². The van der Waals surface area contributed by atoms with E-state index in [4.69, 9.17) is 9.84 Å². The van der Waals surface area contributed by atoms with Crippen molar-refractivity contribution in [2.24, 2.45) is 4.99 Å². The molecule has 0 radical (unpaired) electrons. The summed E-state index contributed by atoms with van der Waals surface area (Å²) in [5.41, 5.74) is 5.37. The van der Waals surface area contributed by atoms with Crippen molar-refractivity contribution < 1.29 is 4.74 Å². The zero-order valence-electron chi connectivity index (χ0n) is 24.1. The van der Waals surface area contributed by atoms with Crippen LogP contribution in [0.25, 0.3) is 11.4 Å². The molecule has 0 spiro atoms. The van der Waals surface area contributed by atoms with Crippen LogP contribution in [0.15, 0.2) is 64.7 Å². The molecule has 1 aromatic heterocycles. The van der Waals surface area contributed by atoms with E-state index in [1.54, 1.807) is 13.1 Å². The first-order valence-corrected chi connectivity index (χ1v) is 14.4. The van der Waals surface area contributed by atoms with Gasteiger partial charge in [-0.2, -0.15) is 5.10 Å². The molecule has 1 aliphatic rings. The fourth-order valence-electron chi connectivity index (χ4n) is 3.64. The minimum absolute atomic E-state index is 0.720. The summed E-state index contributed by atoms with van der Waals surface area (Å²) in [7, 11) is 1.80. The van der Waals surface area contributed by atoms with Gasteiger partial charge in [-0.3, -0.25) is 4.99 Å². The number of ether oxygens (including phenoxy) is 1. The number of halogens is 1. The highest BCUT2D eigenvalue weighted by Gasteiger charge is 2.19. The van der Waals surface area contributed by atoms with Crippen molar-refractivity contribution in [1.29, 1.82) is 0 Å². The van der Waals surface area contributed by atoms with Crippen molar-refractivity contribution in [1.82, 2.24) is 14.7 Å². The third kappa shape index (κ3) is 10.4. The van der Waals surface area contributed by atoms with Gasteiger partial charge in [0, 0.05) is 31.4 Å². The largest absolute Gasteiger partial charge is 0.378 e. The molecule has 0 atom stereocenters. The molecule has 0 aliphatic carbocycles. The van der Waals surface area contributed by atoms with E-state index >= 15 is 0 Å². The van der Waals surface area contributed by atoms with E-state index in [0.717, 1.165) is 72.1 Å². The van der Waals surface area contributed by atoms with Crippen LogP contribution in [0.4, 0.5) is 0 Å². The number of hydrogen-bond donors (Lipinski definition) is 0. The molecule has 1 aromatic carbocycles. The molecule has 37 heavy (non-hydrogen) atoms. The van der Waals surface area contributed by atoms with E-state index in [0.29, 0.717) is 0 Å². The maximum Gasteiger partial charge on any atom is 0.131 e. The number of morpholine rings is 1. The van der Waals surface area contributed by atoms with Crippen LogP contribution < -0.4 is 0 Å². The molecule has 204 valence electrons. The first-order valence-electron chi connectivity index (χ1n) is 13.7. The first kappa shape index (κ1) is 32.6. The molecule has 1 fully saturated rings. The lowest BCUT2D eigenvalue weighted by atomic mass is 9.99. The summed E-state index contributed by atoms with van der Waals surface area (Å²) in [6.45, 7) is 19.7. The van der Waals surface area contributed by atoms with Gasteiger partial charge in [-0.1, -0.05) is 84.7 Å². The monoisotopic (exact) mass is 570 g/mol. The summed E-state index contributed by atoms with van der Waals surface area (Å²) in [4.78, 5) is 6.71. The molecule has 1 saturated heterocycles. The molecule has 3 rings (SSSR count). The van der Waals surface area contributed by atoms with Gasteiger partial charge in [0.15, 0.2) is 0 Å². The first-order chi connectivity index (χ1) is 18.0. The zero-order chi connectivity index (χ0) is 27.6. The lowest BCUT2D eigenvalue weighted by Crippen LogP contribution is -2.37. The normalized spacial score (nSPS) is 14.4. The third-order valence-corrected chi connectivity index (χ3v) is 6.16. The van der Waals surface area contributed by atoms with Crippen LogP contribution in [0.5, 0.6) is 0 Å². The molecule has 2 heterocycles. The Kier molecular flexibility index (Phi) is 16.5. The molecule has 0 N–H and O–H groups in total. The molecule has 6 heteroatoms. The number of aromatic nitrogens is 2. The standard InChI is InChI=1S/C25H31BrN4O.C4H10.C2H6/c1-5-7-9-21(20-10-8-11-22(17-20)23(6-2)27-4)18-25(29-12-14-31-15-13-29)30-19(3)16-24(26)28-30;1-3-4-2;1-2/h6,8-11,16-18H,2,5,7,12-15H2,1,3-4H3;3-4H2,1-2H3;1-2H3/b21-9-,25-18-,27-23?;;. The highest BCUT2D eigenvalue weighted by molar-refractivity contribution is 9.10. The van der Waals surface area contributed by atoms with Gasteiger partial charge >= 0.3 is 0 Å². The molecule has 0 saturated carbocycles. The highest BCUT2D eigenvalue weighted by Crippen LogP contribution is 2.26. The molecule has 0 bridgehead atoms. The number of nitrogens with zero attached hydrogens (tertiary/aromatic N) is 4. The summed E-state index contributed by atoms with van der Waals surface area (Å²) in [5, 5.41) is 4.71. The number of hydrogen-bond acceptors (Lipinski definition) is 4. The van der Waals surface area contributed by atoms with Crippen LogP contribution in [0.2, 0.25) is 0 Å². The minimum atomic E-state index is 0.720. The van der Waals surface area contributed by atoms with Gasteiger partial charge in [0.05, 0.1) is 18.9 Å². The van der Waals surface area contributed by atoms with E-state index in [9.17, 15) is 0 Å². The zero-order valence-corrected chi connectivity index (χ0v) is 25.6. The third-order valence-electron chi connectivity index (χ3n) is 5.77. The number of rotatable bonds is 9. The predicted octanol–water partition coefficient (Wildman–Crippen LogP) is 8.41. The van der Waals surface area contributed by atoms with E-state index < -0.39 is 0 Å². The van der Waals surface area contributed by atoms with E-state index in [1.165, 1.54) is 18.4 Å². The Labute approximate surface area is 234 Å². The minimum Gasteiger partial charge on any atom is -0.378 e. The van der Waals surface area contributed by atoms with Gasteiger partial charge in [-0.15, -0.1) is 0 Å². The molecule has 1 aliphatic heterocycles. The second-order valence-electron chi connectivity index (χ2n) is 8.46. The maximum atomic E-state index is 5.60. The Morgan fingerprint density at radius 3 is 2.24 bits per heavy atom. The van der Waals surface area contributed by atoms with Gasteiger partial charge in [0.2, 0.25) is 0 Å². The molecular formula is C31H47BrN4O. The van der Waals surface area contributed by atoms with Crippen LogP contribution in [-0.2, 0) is 4.74 Å². The quantitative estimate of drug-likeness (QED) is 0.224. The molecule has 0 unspecified atom stereocenters. The van der Waals surface area contributed by atoms with Crippen molar-refractivity contribution in [2.75, 3.05) is 33.4 Å². The Morgan fingerprint density at radius 1 is 1.08 bits per heavy atom. The lowest BCUT2D eigenvalue weighted by molar-refractivity contribution is 0.0611. The second kappa shape index (κ2) is 18.8. The molecule has 0 amide bonds. The smallest absolute Gasteiger partial charge is 0.131 e. The van der Waals surface area contributed by atoms with Gasteiger partial charge in [-0.25, -0.2) is 4.68 Å². The van der Waals surface area contributed by atoms with Crippen LogP contribution in [-0.4, -0.2) is 53.7 Å². The van der Waals surface area contributed by atoms with Crippen LogP contribution in [0.1, 0.15) is 77.1 Å². The van der Waals surface area contributed by atoms with Crippen molar-refractivity contribution in [3.8, 4) is 0 Å². The fourth-order valence-corrected chi connectivity index (χ4v) is 4.13. The number of aryl methyl sites for hydroxylation is 1. The molecule has 5 nitrogen and oxygen atoms in total. The summed E-state index contributed by atoms with van der Waals surface area (Å²) >= 11 is 3.53. The Bertz CT molecular complexity index is 1030. The number of aliphatic imine (C=N–C) groups is 1. The Hall–Kier alpha value is -2.44. The Morgan fingerprint density at radius 2 is 1.73 bits per heavy atom. The summed E-state index contributed by atoms with van der Waals surface area (Å²) in [6.07, 6.45) is 11.1. The molecular weight excluding hydrogens is 524 g/mol. The van der Waals surface area contributed by atoms with Crippen LogP contribution in [0, 0.1) is 6.92 Å². The average molecular weight is 572 g/mol. The predicted molar refractivity (Wildman–Crippen MR) is 165 cm³/mol. The topological polar surface area (TPSA) is 42.6 Å². The number of allylic oxidation sites excluding steroid dienone is 4. The maximum absolute atomic E-state index is 5.60. The van der Waals surface area contributed by atoms with Crippen molar-refractivity contribution in [3.05, 3.63) is 76.6 Å². The van der Waals surface area contributed by atoms with Gasteiger partial charge < -0.3 is 9.64 Å². The van der Waals surface area contributed by atoms with Crippen LogP contribution >= 0.6 is 15.9 Å². The van der Waals surface area contributed by atoms with Gasteiger partial charge in [0.25, 0.3) is 0 Å². The van der Waals surface area contributed by atoms with Crippen molar-refractivity contribution in [3.63, 3.8) is 0 Å². The van der Waals surface area contributed by atoms with Gasteiger partial charge in [0.1, 0.15) is 10.4 Å². The second-order valence-corrected chi connectivity index (χ2v) is 9.28. The summed E-state index contributed by atoms with van der Waals surface area (Å²) in [6, 6.07) is 10.5. The Balaban J connectivity index is 0.00000104. The number of unbranched alkanes of at least 4 members (excludes halogenated alkanes) is 2. The summed E-state index contributed by atoms with van der Waals surface area (Å²) < 4.78 is 8.45. The summed E-state index contributed by atoms with van der Waals surface area (Å²) in [5.74, 6) is 1.06. The van der Waals surface area contributed by atoms with Crippen LogP contribution in [0.3, 0.4) is 0 Å². The van der Waals surface area contributed by atoms with Crippen molar-refractivity contribution in [2.45, 2.75) is 67.2 Å². The van der Waals surface area contributed by atoms with E-state index in [1.807, 2.05) is 24.6 Å². The van der Waals surface area contributed by atoms with Gasteiger partial charge in [-0.05, 0) is 64.7 Å². The fraction of sp³-hybridized carbons (Fsp3) is 0.484. The van der Waals surface area contributed by atoms with E-state index in [-0.39, 0.29) is 0 Å². The SMILES string of the molecule is C=CC(=NC)c1cccc(C(=C\CCC)/C=C(/N2CCOCC2)n2nc(Br)cc2C)c1.CC.CCCC. The average Bonchev–Trinajstić information content (AvgIpc) is 3.28. The highest BCUT2D eigenvalue weighted by atomic mass is 79.9. The molecule has 2 aromatic rings. The lowest BCUT2D eigenvalue weighted by Gasteiger charge is -2.31. The van der Waals surface area contributed by atoms with E-state index in [2.05, 4.69) is 96.5 Å². The number of benzene rings is 1.